The van der Waals surface area contributed by atoms with Crippen LogP contribution < -0.4 is 4.74 Å². The molecule has 4 N–H and O–H groups in total. The number of fused-ring (bicyclic) bond motifs is 1. The van der Waals surface area contributed by atoms with Crippen molar-refractivity contribution in [2.75, 3.05) is 0 Å². The molecule has 1 aromatic rings. The van der Waals surface area contributed by atoms with E-state index in [9.17, 15) is 20.4 Å². The molecule has 2 aliphatic rings. The summed E-state index contributed by atoms with van der Waals surface area (Å²) in [6.07, 6.45) is 2.61. The molecule has 0 saturated carbocycles. The molecule has 6 heteroatoms. The molecule has 1 fully saturated rings. The number of aliphatic hydroxyl groups excluding tert-OH is 3. The summed E-state index contributed by atoms with van der Waals surface area (Å²) in [5.41, 5.74) is 3.47. The van der Waals surface area contributed by atoms with E-state index in [0.717, 1.165) is 44.1 Å². The van der Waals surface area contributed by atoms with Gasteiger partial charge >= 0.3 is 0 Å². The minimum absolute atomic E-state index is 0.00185. The molecule has 6 atom stereocenters. The Bertz CT molecular complexity index is 726. The Balaban J connectivity index is 1.78. The number of aromatic hydroxyl groups is 1. The normalized spacial score (nSPS) is 31.8. The summed E-state index contributed by atoms with van der Waals surface area (Å²) in [5, 5.41) is 40.6. The van der Waals surface area contributed by atoms with Gasteiger partial charge in [-0.25, -0.2) is 0 Å². The van der Waals surface area contributed by atoms with Crippen molar-refractivity contribution in [2.24, 2.45) is 0 Å². The Kier molecular flexibility index (Phi) is 7.22. The number of rotatable bonds is 6. The molecule has 162 valence electrons. The van der Waals surface area contributed by atoms with Gasteiger partial charge in [-0.2, -0.15) is 0 Å². The van der Waals surface area contributed by atoms with Crippen LogP contribution in [0.25, 0.3) is 0 Å². The highest BCUT2D eigenvalue weighted by Gasteiger charge is 2.43. The fraction of sp³-hybridized carbons (Fsp3) is 0.652. The number of unbranched alkanes of at least 4 members (excludes halogenated alkanes) is 1. The summed E-state index contributed by atoms with van der Waals surface area (Å²) < 4.78 is 11.4. The van der Waals surface area contributed by atoms with Crippen molar-refractivity contribution >= 4 is 0 Å². The van der Waals surface area contributed by atoms with Gasteiger partial charge in [0.1, 0.15) is 18.3 Å². The molecular weight excluding hydrogens is 372 g/mol. The number of ether oxygens (including phenoxy) is 2. The minimum atomic E-state index is -1.40. The van der Waals surface area contributed by atoms with Crippen LogP contribution in [0.1, 0.15) is 69.9 Å². The standard InChI is InChI=1S/C23H34O6/c1-13(2)7-4-5-8-15-9-6-10-17-16(15)11-12-18(24)22(17)29-23-21(27)20(26)19(25)14(3)28-23/h7,11-12,14-15,19-21,23-27H,4-6,8-10H2,1-3H3/t14-,15?,19+,20+,21-,23-/m1/s1. The molecule has 0 amide bonds. The van der Waals surface area contributed by atoms with Gasteiger partial charge in [0, 0.05) is 5.56 Å². The second-order valence-electron chi connectivity index (χ2n) is 8.58. The van der Waals surface area contributed by atoms with E-state index in [4.69, 9.17) is 9.47 Å². The fourth-order valence-electron chi connectivity index (χ4n) is 4.36. The molecule has 6 nitrogen and oxygen atoms in total. The van der Waals surface area contributed by atoms with Gasteiger partial charge in [-0.15, -0.1) is 0 Å². The molecule has 3 rings (SSSR count). The number of allylic oxidation sites excluding steroid dienone is 2. The van der Waals surface area contributed by atoms with Crippen LogP contribution in [0.3, 0.4) is 0 Å². The van der Waals surface area contributed by atoms with Crippen LogP contribution in [0.4, 0.5) is 0 Å². The molecule has 0 aromatic heterocycles. The average molecular weight is 407 g/mol. The lowest BCUT2D eigenvalue weighted by atomic mass is 9.79. The van der Waals surface area contributed by atoms with Crippen LogP contribution in [0, 0.1) is 0 Å². The second-order valence-corrected chi connectivity index (χ2v) is 8.58. The van der Waals surface area contributed by atoms with E-state index in [1.807, 2.05) is 6.07 Å². The van der Waals surface area contributed by atoms with Crippen molar-refractivity contribution in [3.63, 3.8) is 0 Å². The summed E-state index contributed by atoms with van der Waals surface area (Å²) in [5.74, 6) is 0.727. The first kappa shape index (κ1) is 22.1. The summed E-state index contributed by atoms with van der Waals surface area (Å²) in [6.45, 7) is 5.83. The van der Waals surface area contributed by atoms with Gasteiger partial charge in [-0.3, -0.25) is 0 Å². The number of phenolic OH excluding ortho intramolecular Hbond substituents is 1. The first-order valence-electron chi connectivity index (χ1n) is 10.6. The smallest absolute Gasteiger partial charge is 0.229 e. The van der Waals surface area contributed by atoms with Gasteiger partial charge in [0.15, 0.2) is 11.5 Å². The maximum Gasteiger partial charge on any atom is 0.229 e. The summed E-state index contributed by atoms with van der Waals surface area (Å²) in [4.78, 5) is 0. The lowest BCUT2D eigenvalue weighted by molar-refractivity contribution is -0.268. The predicted molar refractivity (Wildman–Crippen MR) is 110 cm³/mol. The Labute approximate surface area is 172 Å². The average Bonchev–Trinajstić information content (AvgIpc) is 2.69. The predicted octanol–water partition coefficient (Wildman–Crippen LogP) is 3.15. The van der Waals surface area contributed by atoms with Crippen LogP contribution >= 0.6 is 0 Å². The number of hydrogen-bond acceptors (Lipinski definition) is 6. The van der Waals surface area contributed by atoms with E-state index in [0.29, 0.717) is 11.7 Å². The van der Waals surface area contributed by atoms with Crippen LogP contribution in [-0.4, -0.2) is 51.1 Å². The van der Waals surface area contributed by atoms with E-state index in [2.05, 4.69) is 19.9 Å². The highest BCUT2D eigenvalue weighted by atomic mass is 16.7. The van der Waals surface area contributed by atoms with E-state index >= 15 is 0 Å². The van der Waals surface area contributed by atoms with Crippen molar-refractivity contribution in [1.29, 1.82) is 0 Å². The molecule has 29 heavy (non-hydrogen) atoms. The maximum atomic E-state index is 10.4. The zero-order valence-electron chi connectivity index (χ0n) is 17.5. The zero-order chi connectivity index (χ0) is 21.1. The molecule has 1 aliphatic carbocycles. The third-order valence-corrected chi connectivity index (χ3v) is 6.05. The second kappa shape index (κ2) is 9.47. The van der Waals surface area contributed by atoms with Gasteiger partial charge in [0.2, 0.25) is 6.29 Å². The molecule has 0 spiro atoms. The van der Waals surface area contributed by atoms with Gasteiger partial charge in [-0.1, -0.05) is 17.7 Å². The zero-order valence-corrected chi connectivity index (χ0v) is 17.5. The number of hydrogen-bond donors (Lipinski definition) is 4. The molecule has 0 bridgehead atoms. The highest BCUT2D eigenvalue weighted by Crippen LogP contribution is 2.44. The van der Waals surface area contributed by atoms with Crippen molar-refractivity contribution in [3.05, 3.63) is 34.9 Å². The van der Waals surface area contributed by atoms with Crippen LogP contribution in [0.2, 0.25) is 0 Å². The maximum absolute atomic E-state index is 10.4. The summed E-state index contributed by atoms with van der Waals surface area (Å²) >= 11 is 0. The Morgan fingerprint density at radius 2 is 1.93 bits per heavy atom. The van der Waals surface area contributed by atoms with Gasteiger partial charge in [-0.05, 0) is 76.8 Å². The lowest BCUT2D eigenvalue weighted by Gasteiger charge is -2.39. The Morgan fingerprint density at radius 1 is 1.17 bits per heavy atom. The van der Waals surface area contributed by atoms with Gasteiger partial charge < -0.3 is 29.9 Å². The summed E-state index contributed by atoms with van der Waals surface area (Å²) in [7, 11) is 0. The number of aliphatic hydroxyl groups is 3. The van der Waals surface area contributed by atoms with E-state index in [1.54, 1.807) is 13.0 Å². The molecule has 1 saturated heterocycles. The van der Waals surface area contributed by atoms with Crippen LogP contribution in [0.15, 0.2) is 23.8 Å². The van der Waals surface area contributed by atoms with Crippen molar-refractivity contribution < 1.29 is 29.9 Å². The van der Waals surface area contributed by atoms with Crippen LogP contribution in [-0.2, 0) is 11.2 Å². The molecule has 1 aromatic carbocycles. The molecule has 1 heterocycles. The third kappa shape index (κ3) is 4.94. The fourth-order valence-corrected chi connectivity index (χ4v) is 4.36. The first-order valence-corrected chi connectivity index (χ1v) is 10.6. The van der Waals surface area contributed by atoms with Gasteiger partial charge in [0.25, 0.3) is 0 Å². The van der Waals surface area contributed by atoms with E-state index in [1.165, 1.54) is 11.1 Å². The third-order valence-electron chi connectivity index (χ3n) is 6.05. The molecule has 1 unspecified atom stereocenters. The number of phenols is 1. The highest BCUT2D eigenvalue weighted by molar-refractivity contribution is 5.52. The van der Waals surface area contributed by atoms with Crippen LogP contribution in [0.5, 0.6) is 11.5 Å². The molecule has 0 radical (unpaired) electrons. The first-order chi connectivity index (χ1) is 13.8. The Morgan fingerprint density at radius 3 is 2.66 bits per heavy atom. The van der Waals surface area contributed by atoms with E-state index < -0.39 is 30.7 Å². The SMILES string of the molecule is CC(C)=CCCCC1CCCc2c1ccc(O)c2O[C@H]1O[C@H](C)[C@H](O)[C@H](O)[C@H]1O. The summed E-state index contributed by atoms with van der Waals surface area (Å²) in [6, 6.07) is 3.61. The quantitative estimate of drug-likeness (QED) is 0.428. The number of benzene rings is 1. The topological polar surface area (TPSA) is 99.4 Å². The van der Waals surface area contributed by atoms with Crippen molar-refractivity contribution in [2.45, 2.75) is 95.9 Å². The Hall–Kier alpha value is -1.60. The lowest BCUT2D eigenvalue weighted by Crippen LogP contribution is -2.58. The van der Waals surface area contributed by atoms with Gasteiger partial charge in [0.05, 0.1) is 6.10 Å². The van der Waals surface area contributed by atoms with Crippen molar-refractivity contribution in [1.82, 2.24) is 0 Å². The monoisotopic (exact) mass is 406 g/mol. The molecular formula is C23H34O6. The van der Waals surface area contributed by atoms with Crippen molar-refractivity contribution in [3.8, 4) is 11.5 Å². The minimum Gasteiger partial charge on any atom is -0.504 e. The van der Waals surface area contributed by atoms with E-state index in [-0.39, 0.29) is 5.75 Å². The molecule has 1 aliphatic heterocycles. The largest absolute Gasteiger partial charge is 0.504 e.